The first-order chi connectivity index (χ1) is 10.5. The Bertz CT molecular complexity index is 717. The third-order valence-corrected chi connectivity index (χ3v) is 2.66. The number of carbonyl (C=O) groups is 1. The van der Waals surface area contributed by atoms with Crippen LogP contribution in [0.3, 0.4) is 0 Å². The summed E-state index contributed by atoms with van der Waals surface area (Å²) in [5, 5.41) is 18.6. The fourth-order valence-corrected chi connectivity index (χ4v) is 1.64. The molecule has 2 aromatic heterocycles. The minimum Gasteiger partial charge on any atom is -0.452 e. The summed E-state index contributed by atoms with van der Waals surface area (Å²) in [6, 6.07) is 2.69. The number of amides is 1. The first kappa shape index (κ1) is 15.2. The standard InChI is InChI=1S/C12H13N5O5/c1-3-16-7-8(6-13-14-12(18)21-2)11(15-16)9-4-5-10(22-9)17(19)20/h4-7H,3H2,1-2H3,(H,14,18). The first-order valence-corrected chi connectivity index (χ1v) is 6.24. The molecule has 0 bridgehead atoms. The Balaban J connectivity index is 2.31. The van der Waals surface area contributed by atoms with Crippen molar-refractivity contribution in [2.75, 3.05) is 7.11 Å². The molecule has 0 atom stereocenters. The number of nitrogens with one attached hydrogen (secondary N) is 1. The van der Waals surface area contributed by atoms with E-state index in [1.165, 1.54) is 25.5 Å². The number of nitrogens with zero attached hydrogens (tertiary/aromatic N) is 4. The summed E-state index contributed by atoms with van der Waals surface area (Å²) >= 11 is 0. The van der Waals surface area contributed by atoms with E-state index in [0.717, 1.165) is 0 Å². The molecule has 0 aliphatic carbocycles. The Morgan fingerprint density at radius 3 is 3.00 bits per heavy atom. The van der Waals surface area contributed by atoms with Gasteiger partial charge in [-0.05, 0) is 13.0 Å². The number of hydrogen-bond acceptors (Lipinski definition) is 7. The van der Waals surface area contributed by atoms with Crippen LogP contribution in [0.4, 0.5) is 10.7 Å². The van der Waals surface area contributed by atoms with Gasteiger partial charge in [-0.1, -0.05) is 0 Å². The normalized spacial score (nSPS) is 10.8. The maximum atomic E-state index is 10.9. The lowest BCUT2D eigenvalue weighted by molar-refractivity contribution is -0.401. The smallest absolute Gasteiger partial charge is 0.433 e. The summed E-state index contributed by atoms with van der Waals surface area (Å²) in [6.07, 6.45) is 2.31. The van der Waals surface area contributed by atoms with Gasteiger partial charge in [0.1, 0.15) is 10.6 Å². The lowest BCUT2D eigenvalue weighted by atomic mass is 10.2. The van der Waals surface area contributed by atoms with Gasteiger partial charge in [0.25, 0.3) is 0 Å². The lowest BCUT2D eigenvalue weighted by Crippen LogP contribution is -2.16. The SMILES string of the molecule is CCn1cc(C=NNC(=O)OC)c(-c2ccc([N+](=O)[O-])o2)n1. The monoisotopic (exact) mass is 307 g/mol. The number of ether oxygens (including phenoxy) is 1. The molecule has 2 aromatic rings. The Morgan fingerprint density at radius 1 is 1.64 bits per heavy atom. The number of hydrazone groups is 1. The number of methoxy groups -OCH3 is 1. The zero-order chi connectivity index (χ0) is 16.1. The van der Waals surface area contributed by atoms with Gasteiger partial charge in [0.2, 0.25) is 0 Å². The molecule has 0 fully saturated rings. The van der Waals surface area contributed by atoms with E-state index in [1.54, 1.807) is 10.9 Å². The van der Waals surface area contributed by atoms with Crippen molar-refractivity contribution >= 4 is 18.2 Å². The molecule has 0 saturated heterocycles. The van der Waals surface area contributed by atoms with Gasteiger partial charge < -0.3 is 9.15 Å². The molecule has 116 valence electrons. The van der Waals surface area contributed by atoms with E-state index in [1.807, 2.05) is 6.92 Å². The Hall–Kier alpha value is -3.17. The molecule has 0 saturated carbocycles. The van der Waals surface area contributed by atoms with Gasteiger partial charge in [0.15, 0.2) is 5.76 Å². The fourth-order valence-electron chi connectivity index (χ4n) is 1.64. The maximum Gasteiger partial charge on any atom is 0.433 e. The van der Waals surface area contributed by atoms with E-state index >= 15 is 0 Å². The lowest BCUT2D eigenvalue weighted by Gasteiger charge is -1.95. The topological polar surface area (TPSA) is 125 Å². The van der Waals surface area contributed by atoms with Crippen molar-refractivity contribution in [2.45, 2.75) is 13.5 Å². The molecule has 2 rings (SSSR count). The fraction of sp³-hybridized carbons (Fsp3) is 0.250. The second-order valence-corrected chi connectivity index (χ2v) is 4.05. The first-order valence-electron chi connectivity index (χ1n) is 6.24. The van der Waals surface area contributed by atoms with E-state index in [9.17, 15) is 14.9 Å². The van der Waals surface area contributed by atoms with Gasteiger partial charge in [-0.3, -0.25) is 14.8 Å². The van der Waals surface area contributed by atoms with Crippen molar-refractivity contribution in [3.8, 4) is 11.5 Å². The van der Waals surface area contributed by atoms with Crippen molar-refractivity contribution in [3.63, 3.8) is 0 Å². The Morgan fingerprint density at radius 2 is 2.41 bits per heavy atom. The van der Waals surface area contributed by atoms with Crippen molar-refractivity contribution in [1.29, 1.82) is 0 Å². The minimum atomic E-state index is -0.714. The highest BCUT2D eigenvalue weighted by atomic mass is 16.6. The van der Waals surface area contributed by atoms with Crippen LogP contribution < -0.4 is 5.43 Å². The van der Waals surface area contributed by atoms with Crippen molar-refractivity contribution < 1.29 is 18.9 Å². The van der Waals surface area contributed by atoms with Crippen LogP contribution in [0.1, 0.15) is 12.5 Å². The molecule has 0 aliphatic heterocycles. The Kier molecular flexibility index (Phi) is 4.51. The minimum absolute atomic E-state index is 0.235. The number of aryl methyl sites for hydroxylation is 1. The zero-order valence-electron chi connectivity index (χ0n) is 11.8. The average Bonchev–Trinajstić information content (AvgIpc) is 3.13. The molecular formula is C12H13N5O5. The van der Waals surface area contributed by atoms with Crippen molar-refractivity contribution in [1.82, 2.24) is 15.2 Å². The van der Waals surface area contributed by atoms with Gasteiger partial charge in [-0.15, -0.1) is 0 Å². The summed E-state index contributed by atoms with van der Waals surface area (Å²) in [6.45, 7) is 2.48. The highest BCUT2D eigenvalue weighted by Crippen LogP contribution is 2.26. The number of nitro groups is 1. The number of rotatable bonds is 5. The molecule has 10 heteroatoms. The molecule has 22 heavy (non-hydrogen) atoms. The molecule has 0 spiro atoms. The predicted octanol–water partition coefficient (Wildman–Crippen LogP) is 1.76. The van der Waals surface area contributed by atoms with Crippen LogP contribution in [0.2, 0.25) is 0 Å². The van der Waals surface area contributed by atoms with Crippen molar-refractivity contribution in [3.05, 3.63) is 34.0 Å². The van der Waals surface area contributed by atoms with E-state index in [0.29, 0.717) is 17.8 Å². The van der Waals surface area contributed by atoms with Gasteiger partial charge in [0.05, 0.1) is 19.4 Å². The molecule has 0 aliphatic rings. The summed E-state index contributed by atoms with van der Waals surface area (Å²) in [5.41, 5.74) is 3.05. The van der Waals surface area contributed by atoms with Gasteiger partial charge in [0, 0.05) is 18.3 Å². The zero-order valence-corrected chi connectivity index (χ0v) is 11.8. The van der Waals surface area contributed by atoms with Crippen LogP contribution in [0.5, 0.6) is 0 Å². The van der Waals surface area contributed by atoms with Crippen LogP contribution in [-0.4, -0.2) is 34.1 Å². The van der Waals surface area contributed by atoms with Crippen LogP contribution in [-0.2, 0) is 11.3 Å². The van der Waals surface area contributed by atoms with Gasteiger partial charge in [-0.2, -0.15) is 10.2 Å². The second-order valence-electron chi connectivity index (χ2n) is 4.05. The highest BCUT2D eigenvalue weighted by molar-refractivity contribution is 5.88. The maximum absolute atomic E-state index is 10.9. The number of aromatic nitrogens is 2. The number of hydrogen-bond donors (Lipinski definition) is 1. The van der Waals surface area contributed by atoms with Gasteiger partial charge >= 0.3 is 12.0 Å². The average molecular weight is 307 g/mol. The summed E-state index contributed by atoms with van der Waals surface area (Å²) in [7, 11) is 1.22. The molecular weight excluding hydrogens is 294 g/mol. The molecule has 0 aromatic carbocycles. The number of carbonyl (C=O) groups excluding carboxylic acids is 1. The van der Waals surface area contributed by atoms with E-state index in [2.05, 4.69) is 20.4 Å². The molecule has 1 amide bonds. The number of furan rings is 1. The van der Waals surface area contributed by atoms with Gasteiger partial charge in [-0.25, -0.2) is 10.2 Å². The van der Waals surface area contributed by atoms with E-state index in [-0.39, 0.29) is 11.6 Å². The van der Waals surface area contributed by atoms with Crippen molar-refractivity contribution in [2.24, 2.45) is 5.10 Å². The van der Waals surface area contributed by atoms with E-state index < -0.39 is 11.0 Å². The largest absolute Gasteiger partial charge is 0.452 e. The third-order valence-electron chi connectivity index (χ3n) is 2.66. The molecule has 10 nitrogen and oxygen atoms in total. The molecule has 0 radical (unpaired) electrons. The predicted molar refractivity (Wildman–Crippen MR) is 75.4 cm³/mol. The third kappa shape index (κ3) is 3.29. The van der Waals surface area contributed by atoms with Crippen LogP contribution in [0.25, 0.3) is 11.5 Å². The summed E-state index contributed by atoms with van der Waals surface area (Å²) in [4.78, 5) is 21.0. The quantitative estimate of drug-likeness (QED) is 0.509. The van der Waals surface area contributed by atoms with Crippen LogP contribution in [0, 0.1) is 10.1 Å². The summed E-state index contributed by atoms with van der Waals surface area (Å²) in [5.74, 6) is -0.143. The highest BCUT2D eigenvalue weighted by Gasteiger charge is 2.18. The molecule has 2 heterocycles. The van der Waals surface area contributed by atoms with Crippen LogP contribution >= 0.6 is 0 Å². The van der Waals surface area contributed by atoms with Crippen LogP contribution in [0.15, 0.2) is 27.8 Å². The van der Waals surface area contributed by atoms with E-state index in [4.69, 9.17) is 4.42 Å². The Labute approximate surface area is 124 Å². The molecule has 1 N–H and O–H groups in total. The summed E-state index contributed by atoms with van der Waals surface area (Å²) < 4.78 is 11.1. The molecule has 0 unspecified atom stereocenters. The second kappa shape index (κ2) is 6.52.